The fourth-order valence-electron chi connectivity index (χ4n) is 3.02. The minimum atomic E-state index is 0.0508. The summed E-state index contributed by atoms with van der Waals surface area (Å²) in [6.07, 6.45) is 0. The van der Waals surface area contributed by atoms with Gasteiger partial charge in [-0.3, -0.25) is 9.48 Å². The van der Waals surface area contributed by atoms with Gasteiger partial charge in [-0.05, 0) is 24.7 Å². The maximum absolute atomic E-state index is 12.8. The zero-order valence-corrected chi connectivity index (χ0v) is 14.5. The molecule has 1 saturated heterocycles. The zero-order valence-electron chi connectivity index (χ0n) is 14.5. The number of aryl methyl sites for hydroxylation is 1. The molecule has 6 nitrogen and oxygen atoms in total. The first-order valence-electron chi connectivity index (χ1n) is 8.32. The van der Waals surface area contributed by atoms with Gasteiger partial charge in [-0.2, -0.15) is 5.10 Å². The molecule has 0 bridgehead atoms. The van der Waals surface area contributed by atoms with Crippen LogP contribution in [0.15, 0.2) is 30.3 Å². The van der Waals surface area contributed by atoms with E-state index in [1.807, 2.05) is 42.3 Å². The van der Waals surface area contributed by atoms with E-state index in [4.69, 9.17) is 4.74 Å². The molecule has 2 heterocycles. The monoisotopic (exact) mass is 328 g/mol. The quantitative estimate of drug-likeness (QED) is 0.860. The number of likely N-dealkylation sites (N-methyl/N-ethyl adjacent to an activating group) is 1. The molecule has 3 rings (SSSR count). The van der Waals surface area contributed by atoms with E-state index in [0.29, 0.717) is 5.69 Å². The number of rotatable bonds is 4. The highest BCUT2D eigenvalue weighted by molar-refractivity contribution is 5.93. The molecular weight excluding hydrogens is 304 g/mol. The van der Waals surface area contributed by atoms with Gasteiger partial charge in [0.05, 0.1) is 12.8 Å². The third-order valence-corrected chi connectivity index (χ3v) is 4.57. The van der Waals surface area contributed by atoms with E-state index in [1.165, 1.54) is 0 Å². The molecule has 6 heteroatoms. The van der Waals surface area contributed by atoms with Gasteiger partial charge in [-0.1, -0.05) is 19.1 Å². The van der Waals surface area contributed by atoms with Gasteiger partial charge in [0.15, 0.2) is 0 Å². The molecular formula is C18H24N4O2. The normalized spacial score (nSPS) is 15.5. The molecule has 128 valence electrons. The van der Waals surface area contributed by atoms with Crippen LogP contribution in [0.4, 0.5) is 0 Å². The molecule has 0 unspecified atom stereocenters. The fraction of sp³-hybridized carbons (Fsp3) is 0.444. The van der Waals surface area contributed by atoms with Crippen LogP contribution in [0.5, 0.6) is 5.75 Å². The molecule has 1 aliphatic rings. The van der Waals surface area contributed by atoms with Gasteiger partial charge in [0.2, 0.25) is 0 Å². The van der Waals surface area contributed by atoms with Gasteiger partial charge in [0.1, 0.15) is 11.4 Å². The number of hydrogen-bond donors (Lipinski definition) is 0. The largest absolute Gasteiger partial charge is 0.497 e. The van der Waals surface area contributed by atoms with Crippen LogP contribution in [0.1, 0.15) is 17.4 Å². The molecule has 0 atom stereocenters. The first kappa shape index (κ1) is 16.5. The van der Waals surface area contributed by atoms with E-state index >= 15 is 0 Å². The average Bonchev–Trinajstić information content (AvgIpc) is 3.03. The number of carbonyl (C=O) groups excluding carboxylic acids is 1. The van der Waals surface area contributed by atoms with Crippen LogP contribution < -0.4 is 4.74 Å². The highest BCUT2D eigenvalue weighted by atomic mass is 16.5. The molecule has 0 saturated carbocycles. The third kappa shape index (κ3) is 3.28. The second-order valence-electron chi connectivity index (χ2n) is 6.00. The van der Waals surface area contributed by atoms with Crippen LogP contribution in [0, 0.1) is 0 Å². The Morgan fingerprint density at radius 3 is 2.62 bits per heavy atom. The Kier molecular flexibility index (Phi) is 4.85. The molecule has 0 radical (unpaired) electrons. The Morgan fingerprint density at radius 2 is 1.96 bits per heavy atom. The number of aromatic nitrogens is 2. The summed E-state index contributed by atoms with van der Waals surface area (Å²) in [4.78, 5) is 17.1. The summed E-state index contributed by atoms with van der Waals surface area (Å²) in [6.45, 7) is 6.59. The van der Waals surface area contributed by atoms with Gasteiger partial charge in [-0.15, -0.1) is 0 Å². The minimum Gasteiger partial charge on any atom is -0.497 e. The molecule has 0 aliphatic carbocycles. The van der Waals surface area contributed by atoms with Crippen LogP contribution in [0.2, 0.25) is 0 Å². The summed E-state index contributed by atoms with van der Waals surface area (Å²) in [5.41, 5.74) is 2.35. The summed E-state index contributed by atoms with van der Waals surface area (Å²) >= 11 is 0. The van der Waals surface area contributed by atoms with E-state index in [1.54, 1.807) is 11.8 Å². The number of piperazine rings is 1. The number of benzene rings is 1. The van der Waals surface area contributed by atoms with E-state index in [9.17, 15) is 4.79 Å². The Labute approximate surface area is 142 Å². The van der Waals surface area contributed by atoms with Crippen LogP contribution in [0.3, 0.4) is 0 Å². The van der Waals surface area contributed by atoms with Gasteiger partial charge in [0.25, 0.3) is 5.91 Å². The van der Waals surface area contributed by atoms with E-state index < -0.39 is 0 Å². The van der Waals surface area contributed by atoms with Crippen molar-refractivity contribution in [1.82, 2.24) is 19.6 Å². The number of methoxy groups -OCH3 is 1. The highest BCUT2D eigenvalue weighted by Gasteiger charge is 2.24. The lowest BCUT2D eigenvalue weighted by molar-refractivity contribution is 0.0632. The molecule has 24 heavy (non-hydrogen) atoms. The maximum Gasteiger partial charge on any atom is 0.272 e. The predicted octanol–water partition coefficient (Wildman–Crippen LogP) is 1.87. The topological polar surface area (TPSA) is 50.6 Å². The second kappa shape index (κ2) is 7.05. The number of carbonyl (C=O) groups is 1. The van der Waals surface area contributed by atoms with Crippen molar-refractivity contribution in [3.63, 3.8) is 0 Å². The lowest BCUT2D eigenvalue weighted by atomic mass is 10.1. The summed E-state index contributed by atoms with van der Waals surface area (Å²) in [7, 11) is 3.46. The molecule has 0 N–H and O–H groups in total. The molecule has 1 aromatic heterocycles. The zero-order chi connectivity index (χ0) is 17.1. The van der Waals surface area contributed by atoms with Gasteiger partial charge >= 0.3 is 0 Å². The minimum absolute atomic E-state index is 0.0508. The number of amides is 1. The van der Waals surface area contributed by atoms with E-state index in [2.05, 4.69) is 16.9 Å². The Hall–Kier alpha value is -2.34. The van der Waals surface area contributed by atoms with Crippen molar-refractivity contribution < 1.29 is 9.53 Å². The lowest BCUT2D eigenvalue weighted by Crippen LogP contribution is -2.48. The van der Waals surface area contributed by atoms with Crippen molar-refractivity contribution in [3.05, 3.63) is 36.0 Å². The summed E-state index contributed by atoms with van der Waals surface area (Å²) in [6, 6.07) is 9.58. The number of nitrogens with zero attached hydrogens (tertiary/aromatic N) is 4. The van der Waals surface area contributed by atoms with Crippen molar-refractivity contribution in [2.24, 2.45) is 7.05 Å². The standard InChI is InChI=1S/C18H24N4O2/c1-4-21-8-10-22(11-9-21)18(23)17-13-16(19-20(17)2)14-6-5-7-15(12-14)24-3/h5-7,12-13H,4,8-11H2,1-3H3. The molecule has 1 aromatic carbocycles. The second-order valence-corrected chi connectivity index (χ2v) is 6.00. The van der Waals surface area contributed by atoms with Crippen LogP contribution in [0.25, 0.3) is 11.3 Å². The van der Waals surface area contributed by atoms with Gasteiger partial charge < -0.3 is 14.5 Å². The maximum atomic E-state index is 12.8. The smallest absolute Gasteiger partial charge is 0.272 e. The summed E-state index contributed by atoms with van der Waals surface area (Å²) in [5.74, 6) is 0.830. The van der Waals surface area contributed by atoms with Gasteiger partial charge in [-0.25, -0.2) is 0 Å². The highest BCUT2D eigenvalue weighted by Crippen LogP contribution is 2.24. The Bertz CT molecular complexity index is 718. The van der Waals surface area contributed by atoms with Crippen molar-refractivity contribution >= 4 is 5.91 Å². The van der Waals surface area contributed by atoms with Gasteiger partial charge in [0, 0.05) is 38.8 Å². The molecule has 0 spiro atoms. The number of hydrogen-bond acceptors (Lipinski definition) is 4. The number of ether oxygens (including phenoxy) is 1. The van der Waals surface area contributed by atoms with Crippen LogP contribution >= 0.6 is 0 Å². The Morgan fingerprint density at radius 1 is 1.21 bits per heavy atom. The van der Waals surface area contributed by atoms with Crippen molar-refractivity contribution in [1.29, 1.82) is 0 Å². The predicted molar refractivity (Wildman–Crippen MR) is 93.2 cm³/mol. The molecule has 1 fully saturated rings. The van der Waals surface area contributed by atoms with Crippen LogP contribution in [-0.2, 0) is 7.05 Å². The average molecular weight is 328 g/mol. The third-order valence-electron chi connectivity index (χ3n) is 4.57. The van der Waals surface area contributed by atoms with Crippen molar-refractivity contribution in [2.45, 2.75) is 6.92 Å². The summed E-state index contributed by atoms with van der Waals surface area (Å²) < 4.78 is 6.93. The first-order valence-corrected chi connectivity index (χ1v) is 8.32. The van der Waals surface area contributed by atoms with Crippen LogP contribution in [-0.4, -0.2) is 65.3 Å². The molecule has 2 aromatic rings. The van der Waals surface area contributed by atoms with E-state index in [-0.39, 0.29) is 5.91 Å². The molecule has 1 amide bonds. The fourth-order valence-corrected chi connectivity index (χ4v) is 3.02. The first-order chi connectivity index (χ1) is 11.6. The Balaban J connectivity index is 1.80. The SMILES string of the molecule is CCN1CCN(C(=O)c2cc(-c3cccc(OC)c3)nn2C)CC1. The lowest BCUT2D eigenvalue weighted by Gasteiger charge is -2.33. The van der Waals surface area contributed by atoms with E-state index in [0.717, 1.165) is 49.7 Å². The van der Waals surface area contributed by atoms with Crippen molar-refractivity contribution in [3.8, 4) is 17.0 Å². The molecule has 1 aliphatic heterocycles. The van der Waals surface area contributed by atoms with Crippen molar-refractivity contribution in [2.75, 3.05) is 39.8 Å². The summed E-state index contributed by atoms with van der Waals surface area (Å²) in [5, 5.41) is 4.51.